The molecule has 1 atom stereocenters. The van der Waals surface area contributed by atoms with Gasteiger partial charge in [-0.05, 0) is 37.1 Å². The van der Waals surface area contributed by atoms with Crippen molar-refractivity contribution in [3.8, 4) is 10.4 Å². The van der Waals surface area contributed by atoms with Crippen molar-refractivity contribution in [2.75, 3.05) is 0 Å². The molecule has 0 aliphatic heterocycles. The van der Waals surface area contributed by atoms with Gasteiger partial charge in [-0.1, -0.05) is 38.1 Å². The molecule has 0 aliphatic carbocycles. The summed E-state index contributed by atoms with van der Waals surface area (Å²) in [7, 11) is 0. The monoisotopic (exact) mass is 259 g/mol. The molecule has 0 spiro atoms. The largest absolute Gasteiger partial charge is 0.327 e. The summed E-state index contributed by atoms with van der Waals surface area (Å²) in [6.07, 6.45) is 0. The first-order valence-corrected chi connectivity index (χ1v) is 7.16. The Balaban J connectivity index is 2.31. The van der Waals surface area contributed by atoms with Crippen molar-refractivity contribution < 1.29 is 0 Å². The average molecular weight is 259 g/mol. The third kappa shape index (κ3) is 2.50. The molecular weight excluding hydrogens is 238 g/mol. The van der Waals surface area contributed by atoms with Crippen LogP contribution < -0.4 is 5.73 Å². The molecule has 18 heavy (non-hydrogen) atoms. The SMILES string of the molecule is Cc1ccc(-c2ccc(C(C)(C)C(C)N)cc2)s1. The van der Waals surface area contributed by atoms with Crippen LogP contribution in [0.2, 0.25) is 0 Å². The number of aryl methyl sites for hydroxylation is 1. The molecule has 0 fully saturated rings. The van der Waals surface area contributed by atoms with Gasteiger partial charge in [0.25, 0.3) is 0 Å². The quantitative estimate of drug-likeness (QED) is 0.871. The molecule has 0 aliphatic rings. The molecule has 1 aromatic carbocycles. The first-order valence-electron chi connectivity index (χ1n) is 6.34. The summed E-state index contributed by atoms with van der Waals surface area (Å²) in [6.45, 7) is 8.60. The summed E-state index contributed by atoms with van der Waals surface area (Å²) in [5.41, 5.74) is 8.66. The first kappa shape index (κ1) is 13.3. The third-order valence-electron chi connectivity index (χ3n) is 3.79. The second-order valence-corrected chi connectivity index (χ2v) is 6.79. The van der Waals surface area contributed by atoms with E-state index in [4.69, 9.17) is 5.73 Å². The highest BCUT2D eigenvalue weighted by molar-refractivity contribution is 7.15. The summed E-state index contributed by atoms with van der Waals surface area (Å²) in [5, 5.41) is 0. The van der Waals surface area contributed by atoms with Crippen LogP contribution >= 0.6 is 11.3 Å². The summed E-state index contributed by atoms with van der Waals surface area (Å²) in [4.78, 5) is 2.68. The average Bonchev–Trinajstić information content (AvgIpc) is 2.76. The van der Waals surface area contributed by atoms with E-state index in [1.165, 1.54) is 20.9 Å². The molecule has 2 N–H and O–H groups in total. The van der Waals surface area contributed by atoms with Crippen molar-refractivity contribution in [2.24, 2.45) is 5.73 Å². The number of benzene rings is 1. The maximum Gasteiger partial charge on any atom is 0.0345 e. The highest BCUT2D eigenvalue weighted by Gasteiger charge is 2.24. The van der Waals surface area contributed by atoms with E-state index in [1.807, 2.05) is 11.3 Å². The van der Waals surface area contributed by atoms with Gasteiger partial charge in [0.2, 0.25) is 0 Å². The molecule has 1 heterocycles. The predicted octanol–water partition coefficient (Wildman–Crippen LogP) is 4.35. The second kappa shape index (κ2) is 4.87. The summed E-state index contributed by atoms with van der Waals surface area (Å²) < 4.78 is 0. The Labute approximate surface area is 114 Å². The Morgan fingerprint density at radius 2 is 1.67 bits per heavy atom. The molecule has 0 saturated heterocycles. The number of hydrogen-bond donors (Lipinski definition) is 1. The first-order chi connectivity index (χ1) is 8.41. The Hall–Kier alpha value is -1.12. The molecule has 0 radical (unpaired) electrons. The van der Waals surface area contributed by atoms with Crippen molar-refractivity contribution in [3.63, 3.8) is 0 Å². The molecule has 2 aromatic rings. The van der Waals surface area contributed by atoms with Crippen LogP contribution in [0.1, 0.15) is 31.2 Å². The van der Waals surface area contributed by atoms with Gasteiger partial charge in [0.1, 0.15) is 0 Å². The molecule has 1 aromatic heterocycles. The van der Waals surface area contributed by atoms with Crippen LogP contribution in [0.4, 0.5) is 0 Å². The zero-order valence-electron chi connectivity index (χ0n) is 11.5. The molecule has 0 saturated carbocycles. The fourth-order valence-electron chi connectivity index (χ4n) is 1.92. The molecule has 0 bridgehead atoms. The van der Waals surface area contributed by atoms with Gasteiger partial charge >= 0.3 is 0 Å². The zero-order chi connectivity index (χ0) is 13.3. The summed E-state index contributed by atoms with van der Waals surface area (Å²) in [5.74, 6) is 0. The normalized spacial score (nSPS) is 13.6. The van der Waals surface area contributed by atoms with Crippen molar-refractivity contribution in [2.45, 2.75) is 39.2 Å². The van der Waals surface area contributed by atoms with E-state index in [2.05, 4.69) is 64.1 Å². The van der Waals surface area contributed by atoms with E-state index in [0.29, 0.717) is 0 Å². The van der Waals surface area contributed by atoms with Gasteiger partial charge in [-0.2, -0.15) is 0 Å². The Kier molecular flexibility index (Phi) is 3.60. The number of rotatable bonds is 3. The van der Waals surface area contributed by atoms with Crippen molar-refractivity contribution in [3.05, 3.63) is 46.8 Å². The lowest BCUT2D eigenvalue weighted by molar-refractivity contribution is 0.434. The van der Waals surface area contributed by atoms with Gasteiger partial charge in [-0.25, -0.2) is 0 Å². The fourth-order valence-corrected chi connectivity index (χ4v) is 2.79. The predicted molar refractivity (Wildman–Crippen MR) is 81.2 cm³/mol. The fraction of sp³-hybridized carbons (Fsp3) is 0.375. The van der Waals surface area contributed by atoms with E-state index >= 15 is 0 Å². The minimum atomic E-state index is 0.0178. The molecular formula is C16H21NS. The maximum absolute atomic E-state index is 6.06. The topological polar surface area (TPSA) is 26.0 Å². The number of nitrogens with two attached hydrogens (primary N) is 1. The minimum absolute atomic E-state index is 0.0178. The highest BCUT2D eigenvalue weighted by atomic mass is 32.1. The van der Waals surface area contributed by atoms with Gasteiger partial charge in [-0.3, -0.25) is 0 Å². The van der Waals surface area contributed by atoms with Gasteiger partial charge in [0, 0.05) is 21.2 Å². The lowest BCUT2D eigenvalue weighted by atomic mass is 9.79. The molecule has 2 rings (SSSR count). The second-order valence-electron chi connectivity index (χ2n) is 5.50. The van der Waals surface area contributed by atoms with Gasteiger partial charge in [-0.15, -0.1) is 11.3 Å². The maximum atomic E-state index is 6.06. The van der Waals surface area contributed by atoms with Gasteiger partial charge in [0.05, 0.1) is 0 Å². The van der Waals surface area contributed by atoms with Crippen LogP contribution in [0, 0.1) is 6.92 Å². The third-order valence-corrected chi connectivity index (χ3v) is 4.84. The van der Waals surface area contributed by atoms with Gasteiger partial charge in [0.15, 0.2) is 0 Å². The van der Waals surface area contributed by atoms with Crippen molar-refractivity contribution >= 4 is 11.3 Å². The smallest absolute Gasteiger partial charge is 0.0345 e. The van der Waals surface area contributed by atoms with Crippen molar-refractivity contribution in [1.82, 2.24) is 0 Å². The lowest BCUT2D eigenvalue weighted by Gasteiger charge is -2.29. The Morgan fingerprint density at radius 3 is 2.11 bits per heavy atom. The number of thiophene rings is 1. The molecule has 1 unspecified atom stereocenters. The molecule has 0 amide bonds. The van der Waals surface area contributed by atoms with E-state index < -0.39 is 0 Å². The van der Waals surface area contributed by atoms with E-state index in [0.717, 1.165) is 0 Å². The number of hydrogen-bond acceptors (Lipinski definition) is 2. The van der Waals surface area contributed by atoms with Crippen LogP contribution in [0.5, 0.6) is 0 Å². The summed E-state index contributed by atoms with van der Waals surface area (Å²) >= 11 is 1.84. The molecule has 2 heteroatoms. The van der Waals surface area contributed by atoms with E-state index in [9.17, 15) is 0 Å². The minimum Gasteiger partial charge on any atom is -0.327 e. The lowest BCUT2D eigenvalue weighted by Crippen LogP contribution is -2.38. The molecule has 96 valence electrons. The summed E-state index contributed by atoms with van der Waals surface area (Å²) in [6, 6.07) is 13.3. The Morgan fingerprint density at radius 1 is 1.06 bits per heavy atom. The van der Waals surface area contributed by atoms with Gasteiger partial charge < -0.3 is 5.73 Å². The van der Waals surface area contributed by atoms with Crippen LogP contribution in [0.3, 0.4) is 0 Å². The van der Waals surface area contributed by atoms with Crippen LogP contribution in [-0.4, -0.2) is 6.04 Å². The van der Waals surface area contributed by atoms with Crippen LogP contribution in [0.25, 0.3) is 10.4 Å². The van der Waals surface area contributed by atoms with Crippen LogP contribution in [-0.2, 0) is 5.41 Å². The standard InChI is InChI=1S/C16H21NS/c1-11-5-10-15(18-11)13-6-8-14(9-7-13)16(3,4)12(2)17/h5-10,12H,17H2,1-4H3. The molecule has 1 nitrogen and oxygen atoms in total. The van der Waals surface area contributed by atoms with E-state index in [1.54, 1.807) is 0 Å². The van der Waals surface area contributed by atoms with Crippen LogP contribution in [0.15, 0.2) is 36.4 Å². The zero-order valence-corrected chi connectivity index (χ0v) is 12.3. The van der Waals surface area contributed by atoms with Crippen molar-refractivity contribution in [1.29, 1.82) is 0 Å². The van der Waals surface area contributed by atoms with E-state index in [-0.39, 0.29) is 11.5 Å². The highest BCUT2D eigenvalue weighted by Crippen LogP contribution is 2.31. The Bertz CT molecular complexity index is 520.